The van der Waals surface area contributed by atoms with E-state index >= 15 is 0 Å². The maximum atomic E-state index is 14.0. The molecule has 3 aromatic heterocycles. The molecule has 6 rings (SSSR count). The maximum Gasteiger partial charge on any atom is 0.213 e. The van der Waals surface area contributed by atoms with Crippen molar-refractivity contribution in [2.24, 2.45) is 5.41 Å². The molecular formula is C24H21F2N5O. The molecule has 0 amide bonds. The van der Waals surface area contributed by atoms with E-state index < -0.39 is 11.6 Å². The Balaban J connectivity index is 1.39. The molecule has 0 unspecified atom stereocenters. The second-order valence-electron chi connectivity index (χ2n) is 8.59. The summed E-state index contributed by atoms with van der Waals surface area (Å²) in [6, 6.07) is 3.72. The quantitative estimate of drug-likeness (QED) is 0.463. The third-order valence-corrected chi connectivity index (χ3v) is 6.73. The minimum atomic E-state index is -0.681. The molecule has 2 saturated heterocycles. The second kappa shape index (κ2) is 7.31. The van der Waals surface area contributed by atoms with Gasteiger partial charge in [0.05, 0.1) is 23.1 Å². The Bertz CT molecular complexity index is 1360. The predicted molar refractivity (Wildman–Crippen MR) is 116 cm³/mol. The first-order chi connectivity index (χ1) is 15.6. The highest BCUT2D eigenvalue weighted by molar-refractivity contribution is 5.96. The number of piperidine rings is 1. The van der Waals surface area contributed by atoms with Gasteiger partial charge >= 0.3 is 0 Å². The van der Waals surface area contributed by atoms with E-state index in [-0.39, 0.29) is 5.56 Å². The molecule has 0 saturated carbocycles. The van der Waals surface area contributed by atoms with Crippen LogP contribution in [0.25, 0.3) is 16.7 Å². The number of nitrogens with one attached hydrogen (secondary N) is 1. The van der Waals surface area contributed by atoms with E-state index in [4.69, 9.17) is 9.72 Å². The van der Waals surface area contributed by atoms with Crippen LogP contribution in [-0.4, -0.2) is 45.7 Å². The van der Waals surface area contributed by atoms with E-state index in [0.29, 0.717) is 22.3 Å². The van der Waals surface area contributed by atoms with Crippen molar-refractivity contribution in [1.82, 2.24) is 19.4 Å². The van der Waals surface area contributed by atoms with Gasteiger partial charge in [-0.2, -0.15) is 4.98 Å². The van der Waals surface area contributed by atoms with Crippen LogP contribution in [0.4, 0.5) is 14.7 Å². The van der Waals surface area contributed by atoms with Crippen LogP contribution < -0.4 is 4.90 Å². The van der Waals surface area contributed by atoms with Crippen LogP contribution in [0.15, 0.2) is 36.8 Å². The van der Waals surface area contributed by atoms with Gasteiger partial charge in [0, 0.05) is 38.3 Å². The van der Waals surface area contributed by atoms with Crippen molar-refractivity contribution in [3.8, 4) is 11.8 Å². The van der Waals surface area contributed by atoms with Gasteiger partial charge in [-0.1, -0.05) is 17.9 Å². The highest BCUT2D eigenvalue weighted by atomic mass is 19.1. The molecule has 1 spiro atoms. The van der Waals surface area contributed by atoms with E-state index in [1.165, 1.54) is 18.2 Å². The number of hydrogen-bond donors (Lipinski definition) is 1. The summed E-state index contributed by atoms with van der Waals surface area (Å²) < 4.78 is 35.6. The lowest BCUT2D eigenvalue weighted by Crippen LogP contribution is -2.41. The summed E-state index contributed by atoms with van der Waals surface area (Å²) in [7, 11) is 0. The number of ether oxygens (including phenoxy) is 1. The van der Waals surface area contributed by atoms with Crippen molar-refractivity contribution < 1.29 is 13.5 Å². The van der Waals surface area contributed by atoms with Gasteiger partial charge in [-0.05, 0) is 36.8 Å². The Morgan fingerprint density at radius 3 is 2.66 bits per heavy atom. The number of imidazole rings is 1. The van der Waals surface area contributed by atoms with Gasteiger partial charge in [0.1, 0.15) is 17.3 Å². The summed E-state index contributed by atoms with van der Waals surface area (Å²) in [5.41, 5.74) is 2.03. The first-order valence-electron chi connectivity index (χ1n) is 10.8. The van der Waals surface area contributed by atoms with E-state index in [0.717, 1.165) is 56.9 Å². The fourth-order valence-electron chi connectivity index (χ4n) is 4.82. The lowest BCUT2D eigenvalue weighted by atomic mass is 9.78. The molecule has 0 aliphatic carbocycles. The summed E-state index contributed by atoms with van der Waals surface area (Å²) in [4.78, 5) is 14.9. The van der Waals surface area contributed by atoms with Crippen molar-refractivity contribution in [2.75, 3.05) is 31.2 Å². The first kappa shape index (κ1) is 19.3. The average molecular weight is 433 g/mol. The molecule has 5 heterocycles. The number of rotatable bonds is 1. The zero-order valence-electron chi connectivity index (χ0n) is 17.4. The van der Waals surface area contributed by atoms with E-state index in [1.54, 1.807) is 12.4 Å². The average Bonchev–Trinajstić information content (AvgIpc) is 3.53. The SMILES string of the molecule is Fc1cccc(F)c1C#Cc1c[nH]c2nc(N3CCC4(CCOC4)CC3)n3ccnc3c12. The number of halogens is 2. The van der Waals surface area contributed by atoms with Crippen LogP contribution in [-0.2, 0) is 4.74 Å². The third-order valence-electron chi connectivity index (χ3n) is 6.73. The van der Waals surface area contributed by atoms with Crippen molar-refractivity contribution in [3.63, 3.8) is 0 Å². The van der Waals surface area contributed by atoms with Gasteiger partial charge < -0.3 is 14.6 Å². The molecule has 0 atom stereocenters. The molecule has 8 heteroatoms. The molecule has 0 radical (unpaired) electrons. The molecule has 1 N–H and O–H groups in total. The molecule has 0 bridgehead atoms. The number of aromatic nitrogens is 4. The number of benzene rings is 1. The van der Waals surface area contributed by atoms with Gasteiger partial charge in [-0.3, -0.25) is 4.40 Å². The number of nitrogens with zero attached hydrogens (tertiary/aromatic N) is 4. The largest absolute Gasteiger partial charge is 0.381 e. The van der Waals surface area contributed by atoms with Gasteiger partial charge in [0.25, 0.3) is 0 Å². The molecule has 4 aromatic rings. The Hall–Kier alpha value is -3.44. The summed E-state index contributed by atoms with van der Waals surface area (Å²) >= 11 is 0. The van der Waals surface area contributed by atoms with Crippen molar-refractivity contribution in [1.29, 1.82) is 0 Å². The van der Waals surface area contributed by atoms with Gasteiger partial charge in [0.2, 0.25) is 5.95 Å². The molecule has 2 aliphatic rings. The van der Waals surface area contributed by atoms with E-state index in [1.807, 2.05) is 10.6 Å². The minimum Gasteiger partial charge on any atom is -0.381 e. The molecule has 32 heavy (non-hydrogen) atoms. The van der Waals surface area contributed by atoms with E-state index in [9.17, 15) is 8.78 Å². The minimum absolute atomic E-state index is 0.246. The highest BCUT2D eigenvalue weighted by Crippen LogP contribution is 2.40. The number of aromatic amines is 1. The third kappa shape index (κ3) is 3.04. The molecule has 2 fully saturated rings. The van der Waals surface area contributed by atoms with Gasteiger partial charge in [0.15, 0.2) is 5.65 Å². The number of H-pyrrole nitrogens is 1. The fourth-order valence-corrected chi connectivity index (χ4v) is 4.82. The molecule has 162 valence electrons. The number of hydrogen-bond acceptors (Lipinski definition) is 4. The van der Waals surface area contributed by atoms with Gasteiger partial charge in [-0.25, -0.2) is 13.8 Å². The Kier molecular flexibility index (Phi) is 4.40. The van der Waals surface area contributed by atoms with Crippen LogP contribution in [0.1, 0.15) is 30.4 Å². The second-order valence-corrected chi connectivity index (χ2v) is 8.59. The van der Waals surface area contributed by atoms with Crippen molar-refractivity contribution in [3.05, 3.63) is 59.6 Å². The normalized spacial score (nSPS) is 17.9. The molecule has 6 nitrogen and oxygen atoms in total. The fraction of sp³-hybridized carbons (Fsp3) is 0.333. The Morgan fingerprint density at radius 1 is 1.09 bits per heavy atom. The van der Waals surface area contributed by atoms with Crippen LogP contribution in [0.3, 0.4) is 0 Å². The molecule has 2 aliphatic heterocycles. The topological polar surface area (TPSA) is 58.5 Å². The predicted octanol–water partition coefficient (Wildman–Crippen LogP) is 3.90. The summed E-state index contributed by atoms with van der Waals surface area (Å²) in [5.74, 6) is 5.00. The summed E-state index contributed by atoms with van der Waals surface area (Å²) in [5, 5.41) is 0.737. The monoisotopic (exact) mass is 433 g/mol. The zero-order chi connectivity index (χ0) is 21.7. The van der Waals surface area contributed by atoms with Crippen LogP contribution >= 0.6 is 0 Å². The summed E-state index contributed by atoms with van der Waals surface area (Å²) in [6.45, 7) is 3.54. The van der Waals surface area contributed by atoms with Crippen molar-refractivity contribution in [2.45, 2.75) is 19.3 Å². The number of anilines is 1. The Labute approximate surface area is 183 Å². The molecular weight excluding hydrogens is 412 g/mol. The van der Waals surface area contributed by atoms with E-state index in [2.05, 4.69) is 26.7 Å². The van der Waals surface area contributed by atoms with Crippen LogP contribution in [0.2, 0.25) is 0 Å². The van der Waals surface area contributed by atoms with Gasteiger partial charge in [-0.15, -0.1) is 0 Å². The zero-order valence-corrected chi connectivity index (χ0v) is 17.4. The lowest BCUT2D eigenvalue weighted by Gasteiger charge is -2.38. The summed E-state index contributed by atoms with van der Waals surface area (Å²) in [6.07, 6.45) is 8.63. The maximum absolute atomic E-state index is 14.0. The molecule has 1 aromatic carbocycles. The smallest absolute Gasteiger partial charge is 0.213 e. The first-order valence-corrected chi connectivity index (χ1v) is 10.8. The lowest BCUT2D eigenvalue weighted by molar-refractivity contribution is 0.133. The standard InChI is InChI=1S/C24H21F2N5O/c25-18-2-1-3-19(26)17(18)5-4-16-14-28-21-20(16)22-27-9-12-31(22)23(29-21)30-10-6-24(7-11-30)8-13-32-15-24/h1-3,9,12,14,28H,6-8,10-11,13,15H2. The van der Waals surface area contributed by atoms with Crippen LogP contribution in [0.5, 0.6) is 0 Å². The number of fused-ring (bicyclic) bond motifs is 3. The highest BCUT2D eigenvalue weighted by Gasteiger charge is 2.38. The van der Waals surface area contributed by atoms with Crippen LogP contribution in [0, 0.1) is 28.9 Å². The van der Waals surface area contributed by atoms with Crippen molar-refractivity contribution >= 4 is 22.6 Å². The Morgan fingerprint density at radius 2 is 1.91 bits per heavy atom.